The van der Waals surface area contributed by atoms with Gasteiger partial charge >= 0.3 is 0 Å². The van der Waals surface area contributed by atoms with Gasteiger partial charge in [0, 0.05) is 5.56 Å². The number of ether oxygens (including phenoxy) is 6. The first-order valence-corrected chi connectivity index (χ1v) is 9.02. The molecule has 2 rings (SSSR count). The standard InChI is InChI=1S/C23H26O7/c1-25-18-12-9-16(21(28-4)23(18)30-6)8-11-17(24)10-7-15-13-19(26-2)22(29-5)20(14-15)27-3/h7-14H,1-6H3/b10-7+,11-8+. The lowest BCUT2D eigenvalue weighted by Crippen LogP contribution is -1.97. The van der Waals surface area contributed by atoms with Gasteiger partial charge in [-0.2, -0.15) is 0 Å². The number of rotatable bonds is 10. The Morgan fingerprint density at radius 3 is 1.67 bits per heavy atom. The van der Waals surface area contributed by atoms with Crippen LogP contribution in [-0.2, 0) is 4.79 Å². The molecule has 0 bridgehead atoms. The van der Waals surface area contributed by atoms with Crippen LogP contribution in [0.2, 0.25) is 0 Å². The first-order chi connectivity index (χ1) is 14.5. The van der Waals surface area contributed by atoms with Gasteiger partial charge in [0.05, 0.1) is 42.7 Å². The molecule has 7 heteroatoms. The monoisotopic (exact) mass is 414 g/mol. The first-order valence-electron chi connectivity index (χ1n) is 9.02. The third-order valence-corrected chi connectivity index (χ3v) is 4.29. The molecule has 0 N–H and O–H groups in total. The number of carbonyl (C=O) groups is 1. The van der Waals surface area contributed by atoms with Crippen molar-refractivity contribution < 1.29 is 33.2 Å². The topological polar surface area (TPSA) is 72.5 Å². The number of methoxy groups -OCH3 is 6. The van der Waals surface area contributed by atoms with Gasteiger partial charge in [-0.3, -0.25) is 4.79 Å². The van der Waals surface area contributed by atoms with E-state index in [4.69, 9.17) is 28.4 Å². The molecule has 0 heterocycles. The van der Waals surface area contributed by atoms with Gasteiger partial charge in [-0.25, -0.2) is 0 Å². The Balaban J connectivity index is 2.26. The second kappa shape index (κ2) is 10.8. The highest BCUT2D eigenvalue weighted by atomic mass is 16.5. The summed E-state index contributed by atoms with van der Waals surface area (Å²) in [7, 11) is 9.21. The van der Waals surface area contributed by atoms with Crippen LogP contribution in [0.4, 0.5) is 0 Å². The highest BCUT2D eigenvalue weighted by Crippen LogP contribution is 2.40. The van der Waals surface area contributed by atoms with Crippen LogP contribution in [0.3, 0.4) is 0 Å². The van der Waals surface area contributed by atoms with Crippen molar-refractivity contribution in [3.8, 4) is 34.5 Å². The zero-order chi connectivity index (χ0) is 22.1. The lowest BCUT2D eigenvalue weighted by atomic mass is 10.1. The summed E-state index contributed by atoms with van der Waals surface area (Å²) in [5, 5.41) is 0. The minimum atomic E-state index is -0.208. The lowest BCUT2D eigenvalue weighted by Gasteiger charge is -2.13. The zero-order valence-corrected chi connectivity index (χ0v) is 18.0. The highest BCUT2D eigenvalue weighted by molar-refractivity contribution is 6.04. The maximum Gasteiger partial charge on any atom is 0.203 e. The normalized spacial score (nSPS) is 10.9. The number of carbonyl (C=O) groups excluding carboxylic acids is 1. The predicted octanol–water partition coefficient (Wildman–Crippen LogP) is 4.03. The molecule has 30 heavy (non-hydrogen) atoms. The summed E-state index contributed by atoms with van der Waals surface area (Å²) < 4.78 is 32.0. The van der Waals surface area contributed by atoms with Crippen molar-refractivity contribution in [3.63, 3.8) is 0 Å². The number of hydrogen-bond donors (Lipinski definition) is 0. The van der Waals surface area contributed by atoms with E-state index in [-0.39, 0.29) is 5.78 Å². The maximum atomic E-state index is 12.3. The van der Waals surface area contributed by atoms with E-state index in [0.29, 0.717) is 40.1 Å². The molecule has 0 fully saturated rings. The molecular weight excluding hydrogens is 388 g/mol. The summed E-state index contributed by atoms with van der Waals surface area (Å²) in [5.74, 6) is 2.78. The molecule has 0 aromatic heterocycles. The predicted molar refractivity (Wildman–Crippen MR) is 115 cm³/mol. The summed E-state index contributed by atoms with van der Waals surface area (Å²) in [6.07, 6.45) is 6.22. The van der Waals surface area contributed by atoms with Crippen LogP contribution in [0.25, 0.3) is 12.2 Å². The molecule has 0 unspecified atom stereocenters. The Morgan fingerprint density at radius 2 is 1.17 bits per heavy atom. The number of ketones is 1. The molecule has 0 saturated carbocycles. The second-order valence-electron chi connectivity index (χ2n) is 5.95. The summed E-state index contributed by atoms with van der Waals surface area (Å²) >= 11 is 0. The molecule has 7 nitrogen and oxygen atoms in total. The smallest absolute Gasteiger partial charge is 0.203 e. The molecule has 160 valence electrons. The average molecular weight is 414 g/mol. The summed E-state index contributed by atoms with van der Waals surface area (Å²) in [6.45, 7) is 0. The van der Waals surface area contributed by atoms with Crippen molar-refractivity contribution in [3.05, 3.63) is 47.5 Å². The molecule has 0 atom stereocenters. The van der Waals surface area contributed by atoms with Gasteiger partial charge in [0.1, 0.15) is 0 Å². The summed E-state index contributed by atoms with van der Waals surface area (Å²) in [5.41, 5.74) is 1.42. The molecular formula is C23H26O7. The van der Waals surface area contributed by atoms with E-state index in [1.54, 1.807) is 43.5 Å². The maximum absolute atomic E-state index is 12.3. The van der Waals surface area contributed by atoms with Crippen LogP contribution >= 0.6 is 0 Å². The summed E-state index contributed by atoms with van der Waals surface area (Å²) in [4.78, 5) is 12.3. The Bertz CT molecular complexity index is 920. The minimum Gasteiger partial charge on any atom is -0.493 e. The molecule has 0 radical (unpaired) electrons. The average Bonchev–Trinajstić information content (AvgIpc) is 2.79. The van der Waals surface area contributed by atoms with Crippen LogP contribution in [-0.4, -0.2) is 48.4 Å². The Kier molecular flexibility index (Phi) is 8.17. The third-order valence-electron chi connectivity index (χ3n) is 4.29. The van der Waals surface area contributed by atoms with Crippen LogP contribution in [0.5, 0.6) is 34.5 Å². The molecule has 0 spiro atoms. The van der Waals surface area contributed by atoms with Gasteiger partial charge in [0.25, 0.3) is 0 Å². The second-order valence-corrected chi connectivity index (χ2v) is 5.95. The van der Waals surface area contributed by atoms with Crippen molar-refractivity contribution in [2.45, 2.75) is 0 Å². The first kappa shape index (κ1) is 22.7. The van der Waals surface area contributed by atoms with Gasteiger partial charge in [0.15, 0.2) is 28.8 Å². The van der Waals surface area contributed by atoms with Crippen molar-refractivity contribution in [1.29, 1.82) is 0 Å². The van der Waals surface area contributed by atoms with Gasteiger partial charge in [0.2, 0.25) is 11.5 Å². The van der Waals surface area contributed by atoms with Crippen LogP contribution in [0.1, 0.15) is 11.1 Å². The van der Waals surface area contributed by atoms with Crippen molar-refractivity contribution in [2.75, 3.05) is 42.7 Å². The van der Waals surface area contributed by atoms with Crippen LogP contribution in [0, 0.1) is 0 Å². The third kappa shape index (κ3) is 5.05. The van der Waals surface area contributed by atoms with E-state index in [9.17, 15) is 4.79 Å². The van der Waals surface area contributed by atoms with Gasteiger partial charge in [-0.1, -0.05) is 6.08 Å². The molecule has 0 aliphatic rings. The number of hydrogen-bond acceptors (Lipinski definition) is 7. The Hall–Kier alpha value is -3.61. The fraction of sp³-hybridized carbons (Fsp3) is 0.261. The van der Waals surface area contributed by atoms with E-state index in [1.807, 2.05) is 0 Å². The van der Waals surface area contributed by atoms with Crippen molar-refractivity contribution >= 4 is 17.9 Å². The fourth-order valence-electron chi connectivity index (χ4n) is 2.86. The van der Waals surface area contributed by atoms with E-state index < -0.39 is 0 Å². The molecule has 2 aromatic rings. The SMILES string of the molecule is COc1cc(/C=C/C(=O)/C=C/c2ccc(OC)c(OC)c2OC)cc(OC)c1OC. The van der Waals surface area contributed by atoms with Gasteiger partial charge in [-0.15, -0.1) is 0 Å². The summed E-state index contributed by atoms with van der Waals surface area (Å²) in [6, 6.07) is 7.04. The molecule has 0 saturated heterocycles. The van der Waals surface area contributed by atoms with Gasteiger partial charge in [-0.05, 0) is 48.1 Å². The van der Waals surface area contributed by atoms with Crippen LogP contribution in [0.15, 0.2) is 36.4 Å². The Labute approximate surface area is 176 Å². The molecule has 2 aromatic carbocycles. The largest absolute Gasteiger partial charge is 0.493 e. The minimum absolute atomic E-state index is 0.208. The van der Waals surface area contributed by atoms with Crippen LogP contribution < -0.4 is 28.4 Å². The van der Waals surface area contributed by atoms with E-state index in [0.717, 1.165) is 5.56 Å². The van der Waals surface area contributed by atoms with E-state index >= 15 is 0 Å². The van der Waals surface area contributed by atoms with Crippen molar-refractivity contribution in [2.24, 2.45) is 0 Å². The van der Waals surface area contributed by atoms with Gasteiger partial charge < -0.3 is 28.4 Å². The quantitative estimate of drug-likeness (QED) is 0.544. The van der Waals surface area contributed by atoms with Crippen molar-refractivity contribution in [1.82, 2.24) is 0 Å². The fourth-order valence-corrected chi connectivity index (χ4v) is 2.86. The molecule has 0 amide bonds. The van der Waals surface area contributed by atoms with E-state index in [2.05, 4.69) is 0 Å². The Morgan fingerprint density at radius 1 is 0.633 bits per heavy atom. The lowest BCUT2D eigenvalue weighted by molar-refractivity contribution is -0.110. The highest BCUT2D eigenvalue weighted by Gasteiger charge is 2.14. The zero-order valence-electron chi connectivity index (χ0n) is 18.0. The number of allylic oxidation sites excluding steroid dienone is 2. The number of benzene rings is 2. The molecule has 0 aliphatic heterocycles. The van der Waals surface area contributed by atoms with E-state index in [1.165, 1.54) is 47.7 Å². The molecule has 0 aliphatic carbocycles.